The van der Waals surface area contributed by atoms with E-state index in [0.717, 1.165) is 28.6 Å². The van der Waals surface area contributed by atoms with E-state index in [0.29, 0.717) is 17.8 Å². The van der Waals surface area contributed by atoms with E-state index in [2.05, 4.69) is 57.2 Å². The van der Waals surface area contributed by atoms with Gasteiger partial charge in [0.05, 0.1) is 16.9 Å². The predicted octanol–water partition coefficient (Wildman–Crippen LogP) is 4.21. The molecule has 0 saturated heterocycles. The Labute approximate surface area is 162 Å². The highest BCUT2D eigenvalue weighted by Crippen LogP contribution is 2.19. The number of likely N-dealkylation sites (N-methyl/N-ethyl adjacent to an activating group) is 1. The molecule has 0 radical (unpaired) electrons. The maximum atomic E-state index is 12.6. The summed E-state index contributed by atoms with van der Waals surface area (Å²) in [5.41, 5.74) is 4.16. The van der Waals surface area contributed by atoms with Crippen LogP contribution in [0.25, 0.3) is 10.2 Å². The van der Waals surface area contributed by atoms with Gasteiger partial charge in [0.25, 0.3) is 5.91 Å². The smallest absolute Gasteiger partial charge is 0.255 e. The van der Waals surface area contributed by atoms with Gasteiger partial charge in [-0.3, -0.25) is 4.79 Å². The lowest BCUT2D eigenvalue weighted by atomic mass is 10.1. The Kier molecular flexibility index (Phi) is 4.86. The third kappa shape index (κ3) is 3.99. The number of allylic oxidation sites excluding steroid dienone is 3. The molecule has 5 nitrogen and oxygen atoms in total. The van der Waals surface area contributed by atoms with Crippen molar-refractivity contribution in [1.82, 2.24) is 14.5 Å². The minimum absolute atomic E-state index is 0.179. The first-order chi connectivity index (χ1) is 13.2. The lowest BCUT2D eigenvalue weighted by Crippen LogP contribution is -2.17. The molecule has 27 heavy (non-hydrogen) atoms. The molecule has 3 aromatic rings. The highest BCUT2D eigenvalue weighted by atomic mass is 32.1. The zero-order valence-electron chi connectivity index (χ0n) is 14.9. The van der Waals surface area contributed by atoms with Gasteiger partial charge in [0.1, 0.15) is 5.52 Å². The highest BCUT2D eigenvalue weighted by Gasteiger charge is 2.10. The summed E-state index contributed by atoms with van der Waals surface area (Å²) in [7, 11) is 2.05. The summed E-state index contributed by atoms with van der Waals surface area (Å²) >= 11 is 1.32. The van der Waals surface area contributed by atoms with Crippen molar-refractivity contribution in [3.05, 3.63) is 77.5 Å². The number of fused-ring (bicyclic) bond motifs is 1. The van der Waals surface area contributed by atoms with Crippen molar-refractivity contribution in [2.24, 2.45) is 0 Å². The van der Waals surface area contributed by atoms with Crippen LogP contribution in [0.3, 0.4) is 0 Å². The average Bonchev–Trinajstić information content (AvgIpc) is 3.16. The fourth-order valence-corrected chi connectivity index (χ4v) is 3.52. The van der Waals surface area contributed by atoms with Crippen molar-refractivity contribution in [3.8, 4) is 0 Å². The van der Waals surface area contributed by atoms with Crippen molar-refractivity contribution in [1.29, 1.82) is 0 Å². The Morgan fingerprint density at radius 3 is 3.11 bits per heavy atom. The van der Waals surface area contributed by atoms with Crippen LogP contribution in [0.4, 0.5) is 5.69 Å². The van der Waals surface area contributed by atoms with Crippen LogP contribution in [-0.4, -0.2) is 27.4 Å². The molecule has 0 aliphatic heterocycles. The largest absolute Gasteiger partial charge is 0.370 e. The number of amides is 1. The maximum Gasteiger partial charge on any atom is 0.255 e. The lowest BCUT2D eigenvalue weighted by molar-refractivity contribution is 0.102. The first-order valence-corrected chi connectivity index (χ1v) is 9.50. The molecule has 1 aromatic heterocycles. The number of carbonyl (C=O) groups is 1. The zero-order valence-corrected chi connectivity index (χ0v) is 15.7. The van der Waals surface area contributed by atoms with Gasteiger partial charge >= 0.3 is 0 Å². The topological polar surface area (TPSA) is 58.1 Å². The summed E-state index contributed by atoms with van der Waals surface area (Å²) in [5, 5.41) is 6.95. The lowest BCUT2D eigenvalue weighted by Gasteiger charge is -2.21. The number of hydrogen-bond donors (Lipinski definition) is 1. The third-order valence-corrected chi connectivity index (χ3v) is 5.09. The Morgan fingerprint density at radius 1 is 1.33 bits per heavy atom. The van der Waals surface area contributed by atoms with Crippen molar-refractivity contribution >= 4 is 33.3 Å². The molecule has 0 atom stereocenters. The van der Waals surface area contributed by atoms with Gasteiger partial charge in [-0.1, -0.05) is 28.8 Å². The molecular formula is C21H18N4OS. The molecule has 0 fully saturated rings. The molecule has 134 valence electrons. The van der Waals surface area contributed by atoms with E-state index in [1.807, 2.05) is 12.1 Å². The average molecular weight is 374 g/mol. The molecule has 0 unspecified atom stereocenters. The normalized spacial score (nSPS) is 13.1. The first-order valence-electron chi connectivity index (χ1n) is 8.72. The Morgan fingerprint density at radius 2 is 2.26 bits per heavy atom. The molecule has 0 saturated carbocycles. The van der Waals surface area contributed by atoms with E-state index in [-0.39, 0.29) is 5.91 Å². The van der Waals surface area contributed by atoms with E-state index in [4.69, 9.17) is 0 Å². The SMILES string of the molecule is CN(Cc1c#ccc(NC(=O)c2ccc3snnc3c2)c1)C1=CCCC=C1. The number of benzene rings is 1. The molecule has 1 aliphatic rings. The number of nitrogens with zero attached hydrogens (tertiary/aromatic N) is 3. The number of carbonyl (C=O) groups excluding carboxylic acids is 1. The van der Waals surface area contributed by atoms with Crippen LogP contribution < -0.4 is 5.32 Å². The summed E-state index contributed by atoms with van der Waals surface area (Å²) in [5.74, 6) is -0.179. The number of hydrogen-bond acceptors (Lipinski definition) is 5. The van der Waals surface area contributed by atoms with Crippen LogP contribution in [0.2, 0.25) is 0 Å². The molecule has 6 heteroatoms. The minimum atomic E-state index is -0.179. The third-order valence-electron chi connectivity index (χ3n) is 4.38. The second kappa shape index (κ2) is 7.60. The Bertz CT molecular complexity index is 1040. The Hall–Kier alpha value is -3.17. The number of nitrogens with one attached hydrogen (secondary N) is 1. The second-order valence-corrected chi connectivity index (χ2v) is 7.20. The van der Waals surface area contributed by atoms with Crippen LogP contribution in [0.15, 0.2) is 54.3 Å². The van der Waals surface area contributed by atoms with Crippen molar-refractivity contribution in [3.63, 3.8) is 0 Å². The van der Waals surface area contributed by atoms with E-state index in [1.165, 1.54) is 17.2 Å². The van der Waals surface area contributed by atoms with Crippen LogP contribution >= 0.6 is 11.5 Å². The maximum absolute atomic E-state index is 12.6. The molecule has 1 heterocycles. The summed E-state index contributed by atoms with van der Waals surface area (Å²) in [4.78, 5) is 14.7. The van der Waals surface area contributed by atoms with E-state index >= 15 is 0 Å². The first kappa shape index (κ1) is 17.3. The standard InChI is InChI=1S/C21H18N4OS/c1-25(18-8-3-2-4-9-18)14-15-6-5-7-17(12-15)22-21(26)16-10-11-20-19(13-16)23-24-27-20/h3,7-13H,2,4,14H2,1H3,(H,22,26). The molecular weight excluding hydrogens is 356 g/mol. The highest BCUT2D eigenvalue weighted by molar-refractivity contribution is 7.12. The van der Waals surface area contributed by atoms with E-state index < -0.39 is 0 Å². The molecule has 1 aliphatic carbocycles. The second-order valence-electron chi connectivity index (χ2n) is 6.41. The molecule has 2 aromatic carbocycles. The number of rotatable bonds is 5. The summed E-state index contributed by atoms with van der Waals surface area (Å²) in [6, 6.07) is 15.2. The van der Waals surface area contributed by atoms with Gasteiger partial charge in [0.15, 0.2) is 0 Å². The predicted molar refractivity (Wildman–Crippen MR) is 107 cm³/mol. The summed E-state index contributed by atoms with van der Waals surface area (Å²) in [6.45, 7) is 0.701. The van der Waals surface area contributed by atoms with Crippen LogP contribution in [0.1, 0.15) is 28.8 Å². The molecule has 1 N–H and O–H groups in total. The molecule has 0 bridgehead atoms. The number of anilines is 1. The van der Waals surface area contributed by atoms with Crippen LogP contribution in [-0.2, 0) is 6.54 Å². The van der Waals surface area contributed by atoms with Gasteiger partial charge in [-0.15, -0.1) is 5.10 Å². The van der Waals surface area contributed by atoms with Gasteiger partial charge in [-0.25, -0.2) is 0 Å². The van der Waals surface area contributed by atoms with Crippen molar-refractivity contribution < 1.29 is 4.79 Å². The van der Waals surface area contributed by atoms with Gasteiger partial charge in [0, 0.05) is 29.9 Å². The van der Waals surface area contributed by atoms with Gasteiger partial charge in [-0.05, 0) is 54.7 Å². The quantitative estimate of drug-likeness (QED) is 0.727. The van der Waals surface area contributed by atoms with Gasteiger partial charge in [0.2, 0.25) is 0 Å². The van der Waals surface area contributed by atoms with Gasteiger partial charge in [-0.2, -0.15) is 0 Å². The molecule has 0 spiro atoms. The summed E-state index contributed by atoms with van der Waals surface area (Å²) in [6.07, 6.45) is 8.73. The number of aromatic nitrogens is 2. The molecule has 1 amide bonds. The van der Waals surface area contributed by atoms with E-state index in [9.17, 15) is 4.79 Å². The minimum Gasteiger partial charge on any atom is -0.370 e. The monoisotopic (exact) mass is 374 g/mol. The van der Waals surface area contributed by atoms with E-state index in [1.54, 1.807) is 18.2 Å². The fraction of sp³-hybridized carbons (Fsp3) is 0.190. The zero-order chi connectivity index (χ0) is 18.6. The Balaban J connectivity index is 1.46. The van der Waals surface area contributed by atoms with Crippen LogP contribution in [0.5, 0.6) is 0 Å². The van der Waals surface area contributed by atoms with Crippen LogP contribution in [0, 0.1) is 12.1 Å². The molecule has 4 rings (SSSR count). The van der Waals surface area contributed by atoms with Crippen molar-refractivity contribution in [2.75, 3.05) is 12.4 Å². The fourth-order valence-electron chi connectivity index (χ4n) is 2.98. The van der Waals surface area contributed by atoms with Gasteiger partial charge < -0.3 is 10.2 Å². The van der Waals surface area contributed by atoms with Crippen molar-refractivity contribution in [2.45, 2.75) is 19.4 Å². The summed E-state index contributed by atoms with van der Waals surface area (Å²) < 4.78 is 4.86.